The molecule has 0 bridgehead atoms. The highest BCUT2D eigenvalue weighted by Crippen LogP contribution is 2.39. The first-order valence-electron chi connectivity index (χ1n) is 7.93. The third-order valence-electron chi connectivity index (χ3n) is 4.72. The number of nitrogens with one attached hydrogen (secondary N) is 2. The number of rotatable bonds is 4. The number of fused-ring (bicyclic) bond motifs is 1. The molecule has 6 heteroatoms. The Bertz CT molecular complexity index is 708. The van der Waals surface area contributed by atoms with Crippen molar-refractivity contribution in [3.05, 3.63) is 47.5 Å². The van der Waals surface area contributed by atoms with Crippen LogP contribution >= 0.6 is 0 Å². The van der Waals surface area contributed by atoms with E-state index >= 15 is 0 Å². The standard InChI is InChI=1S/C17H19N3O3/c21-13-6-12(7-13)16(20-17(22)14-8-18-9-19-14)11-1-2-15-10(5-11)3-4-23-15/h1-2,5,8-9,12-13,16,21H,3-4,6-7H2,(H,18,19)(H,20,22)/t12?,13?,16-/m1/s1. The Morgan fingerprint density at radius 1 is 1.43 bits per heavy atom. The van der Waals surface area contributed by atoms with E-state index in [1.807, 2.05) is 12.1 Å². The first-order valence-corrected chi connectivity index (χ1v) is 7.93. The molecule has 1 amide bonds. The Labute approximate surface area is 133 Å². The molecule has 1 aromatic heterocycles. The van der Waals surface area contributed by atoms with Gasteiger partial charge in [-0.25, -0.2) is 4.98 Å². The van der Waals surface area contributed by atoms with Gasteiger partial charge in [0, 0.05) is 6.42 Å². The van der Waals surface area contributed by atoms with Crippen LogP contribution < -0.4 is 10.1 Å². The summed E-state index contributed by atoms with van der Waals surface area (Å²) in [6.45, 7) is 0.714. The van der Waals surface area contributed by atoms with Gasteiger partial charge >= 0.3 is 0 Å². The van der Waals surface area contributed by atoms with Crippen molar-refractivity contribution in [3.8, 4) is 5.75 Å². The van der Waals surface area contributed by atoms with Crippen LogP contribution in [0.4, 0.5) is 0 Å². The number of aliphatic hydroxyl groups is 1. The van der Waals surface area contributed by atoms with Crippen molar-refractivity contribution < 1.29 is 14.6 Å². The summed E-state index contributed by atoms with van der Waals surface area (Å²) in [6.07, 6.45) is 5.06. The van der Waals surface area contributed by atoms with Crippen molar-refractivity contribution >= 4 is 5.91 Å². The Kier molecular flexibility index (Phi) is 3.53. The monoisotopic (exact) mass is 313 g/mol. The largest absolute Gasteiger partial charge is 0.493 e. The van der Waals surface area contributed by atoms with Gasteiger partial charge in [0.1, 0.15) is 11.4 Å². The minimum atomic E-state index is -0.260. The van der Waals surface area contributed by atoms with Gasteiger partial charge in [-0.1, -0.05) is 6.07 Å². The molecule has 1 aliphatic heterocycles. The number of carbonyl (C=O) groups is 1. The summed E-state index contributed by atoms with van der Waals surface area (Å²) in [5.74, 6) is 1.00. The minimum Gasteiger partial charge on any atom is -0.493 e. The fourth-order valence-electron chi connectivity index (χ4n) is 3.37. The third-order valence-corrected chi connectivity index (χ3v) is 4.72. The number of H-pyrrole nitrogens is 1. The van der Waals surface area contributed by atoms with Gasteiger partial charge in [0.15, 0.2) is 0 Å². The van der Waals surface area contributed by atoms with E-state index in [-0.39, 0.29) is 24.0 Å². The number of imidazole rings is 1. The Hall–Kier alpha value is -2.34. The molecule has 4 rings (SSSR count). The predicted molar refractivity (Wildman–Crippen MR) is 83.2 cm³/mol. The molecule has 1 aliphatic carbocycles. The normalized spacial score (nSPS) is 23.5. The van der Waals surface area contributed by atoms with Crippen LogP contribution in [0.1, 0.15) is 40.5 Å². The molecule has 0 unspecified atom stereocenters. The summed E-state index contributed by atoms with van der Waals surface area (Å²) in [7, 11) is 0. The average molecular weight is 313 g/mol. The first kappa shape index (κ1) is 14.3. The van der Waals surface area contributed by atoms with Crippen LogP contribution in [0.25, 0.3) is 0 Å². The Balaban J connectivity index is 1.59. The highest BCUT2D eigenvalue weighted by atomic mass is 16.5. The molecule has 1 atom stereocenters. The lowest BCUT2D eigenvalue weighted by atomic mass is 9.75. The number of hydrogen-bond donors (Lipinski definition) is 3. The molecule has 0 spiro atoms. The molecule has 0 radical (unpaired) electrons. The van der Waals surface area contributed by atoms with Crippen LogP contribution in [0.3, 0.4) is 0 Å². The second-order valence-electron chi connectivity index (χ2n) is 6.27. The molecule has 6 nitrogen and oxygen atoms in total. The van der Waals surface area contributed by atoms with E-state index in [1.54, 1.807) is 0 Å². The Morgan fingerprint density at radius 2 is 2.30 bits per heavy atom. The van der Waals surface area contributed by atoms with E-state index in [2.05, 4.69) is 21.4 Å². The van der Waals surface area contributed by atoms with E-state index in [0.29, 0.717) is 25.1 Å². The lowest BCUT2D eigenvalue weighted by Gasteiger charge is -2.38. The highest BCUT2D eigenvalue weighted by Gasteiger charge is 2.36. The van der Waals surface area contributed by atoms with Gasteiger partial charge in [-0.2, -0.15) is 0 Å². The molecule has 3 N–H and O–H groups in total. The van der Waals surface area contributed by atoms with Crippen molar-refractivity contribution in [3.63, 3.8) is 0 Å². The van der Waals surface area contributed by atoms with Gasteiger partial charge in [-0.15, -0.1) is 0 Å². The number of ether oxygens (including phenoxy) is 1. The van der Waals surface area contributed by atoms with Gasteiger partial charge < -0.3 is 20.1 Å². The minimum absolute atomic E-state index is 0.111. The van der Waals surface area contributed by atoms with Crippen LogP contribution in [0.2, 0.25) is 0 Å². The molecular formula is C17H19N3O3. The molecule has 1 aromatic carbocycles. The summed E-state index contributed by atoms with van der Waals surface area (Å²) in [5.41, 5.74) is 2.70. The van der Waals surface area contributed by atoms with Crippen molar-refractivity contribution in [1.82, 2.24) is 15.3 Å². The molecule has 1 saturated carbocycles. The molecule has 2 aliphatic rings. The van der Waals surface area contributed by atoms with Gasteiger partial charge in [0.05, 0.1) is 31.3 Å². The SMILES string of the molecule is O=C(N[C@H](c1ccc2c(c1)CCO2)C1CC(O)C1)c1cnc[nH]1. The number of amides is 1. The van der Waals surface area contributed by atoms with Gasteiger partial charge in [0.25, 0.3) is 5.91 Å². The smallest absolute Gasteiger partial charge is 0.269 e. The second-order valence-corrected chi connectivity index (χ2v) is 6.27. The zero-order chi connectivity index (χ0) is 15.8. The second kappa shape index (κ2) is 5.70. The van der Waals surface area contributed by atoms with Crippen molar-refractivity contribution in [2.45, 2.75) is 31.4 Å². The summed E-state index contributed by atoms with van der Waals surface area (Å²) >= 11 is 0. The van der Waals surface area contributed by atoms with Crippen LogP contribution in [-0.2, 0) is 6.42 Å². The third kappa shape index (κ3) is 2.70. The van der Waals surface area contributed by atoms with Crippen LogP contribution in [0.15, 0.2) is 30.7 Å². The fourth-order valence-corrected chi connectivity index (χ4v) is 3.37. The zero-order valence-corrected chi connectivity index (χ0v) is 12.7. The predicted octanol–water partition coefficient (Wildman–Crippen LogP) is 1.59. The number of carbonyl (C=O) groups excluding carboxylic acids is 1. The van der Waals surface area contributed by atoms with E-state index in [0.717, 1.165) is 17.7 Å². The maximum absolute atomic E-state index is 12.4. The maximum Gasteiger partial charge on any atom is 0.269 e. The number of aromatic nitrogens is 2. The lowest BCUT2D eigenvalue weighted by molar-refractivity contribution is 0.0234. The number of hydrogen-bond acceptors (Lipinski definition) is 4. The molecule has 2 aromatic rings. The average Bonchev–Trinajstić information content (AvgIpc) is 3.19. The van der Waals surface area contributed by atoms with E-state index in [1.165, 1.54) is 18.1 Å². The topological polar surface area (TPSA) is 87.2 Å². The van der Waals surface area contributed by atoms with Crippen molar-refractivity contribution in [2.24, 2.45) is 5.92 Å². The quantitative estimate of drug-likeness (QED) is 0.800. The van der Waals surface area contributed by atoms with Crippen molar-refractivity contribution in [1.29, 1.82) is 0 Å². The lowest BCUT2D eigenvalue weighted by Crippen LogP contribution is -2.41. The molecule has 120 valence electrons. The van der Waals surface area contributed by atoms with E-state index in [9.17, 15) is 9.90 Å². The zero-order valence-electron chi connectivity index (χ0n) is 12.7. The molecular weight excluding hydrogens is 294 g/mol. The van der Waals surface area contributed by atoms with Gasteiger partial charge in [0.2, 0.25) is 0 Å². The molecule has 23 heavy (non-hydrogen) atoms. The first-order chi connectivity index (χ1) is 11.2. The van der Waals surface area contributed by atoms with E-state index in [4.69, 9.17) is 4.74 Å². The number of aromatic amines is 1. The van der Waals surface area contributed by atoms with Crippen LogP contribution in [0.5, 0.6) is 5.75 Å². The van der Waals surface area contributed by atoms with Crippen LogP contribution in [0, 0.1) is 5.92 Å². The summed E-state index contributed by atoms with van der Waals surface area (Å²) in [5, 5.41) is 12.7. The summed E-state index contributed by atoms with van der Waals surface area (Å²) in [6, 6.07) is 5.99. The molecule has 2 heterocycles. The van der Waals surface area contributed by atoms with Gasteiger partial charge in [-0.05, 0) is 42.0 Å². The Morgan fingerprint density at radius 3 is 3.04 bits per heavy atom. The van der Waals surface area contributed by atoms with Crippen molar-refractivity contribution in [2.75, 3.05) is 6.61 Å². The summed E-state index contributed by atoms with van der Waals surface area (Å²) < 4.78 is 5.55. The van der Waals surface area contributed by atoms with E-state index < -0.39 is 0 Å². The molecule has 1 fully saturated rings. The number of nitrogens with zero attached hydrogens (tertiary/aromatic N) is 1. The van der Waals surface area contributed by atoms with Crippen LogP contribution in [-0.4, -0.2) is 33.7 Å². The molecule has 0 saturated heterocycles. The summed E-state index contributed by atoms with van der Waals surface area (Å²) in [4.78, 5) is 19.1. The maximum atomic E-state index is 12.4. The fraction of sp³-hybridized carbons (Fsp3) is 0.412. The number of benzene rings is 1. The van der Waals surface area contributed by atoms with Gasteiger partial charge in [-0.3, -0.25) is 4.79 Å². The number of aliphatic hydroxyl groups excluding tert-OH is 1. The highest BCUT2D eigenvalue weighted by molar-refractivity contribution is 5.92.